The van der Waals surface area contributed by atoms with Crippen molar-refractivity contribution in [3.8, 4) is 0 Å². The van der Waals surface area contributed by atoms with Crippen LogP contribution in [0.4, 0.5) is 0 Å². The van der Waals surface area contributed by atoms with Crippen molar-refractivity contribution in [1.29, 1.82) is 0 Å². The fourth-order valence-corrected chi connectivity index (χ4v) is 2.30. The number of carbonyl (C=O) groups is 1. The molecule has 1 aromatic carbocycles. The molecule has 3 rings (SSSR count). The standard InChI is InChI=1S/C17H14N2O/c1-11-5-7-15(12(2)19-11)17(20)14-6-8-16-13(10-14)4-3-9-18-16/h3-10H,1-2H3. The van der Waals surface area contributed by atoms with E-state index in [1.165, 1.54) is 0 Å². The highest BCUT2D eigenvalue weighted by Crippen LogP contribution is 2.18. The average molecular weight is 262 g/mol. The van der Waals surface area contributed by atoms with Crippen LogP contribution in [0, 0.1) is 13.8 Å². The first-order chi connectivity index (χ1) is 9.65. The zero-order valence-electron chi connectivity index (χ0n) is 11.4. The van der Waals surface area contributed by atoms with Crippen molar-refractivity contribution in [2.24, 2.45) is 0 Å². The summed E-state index contributed by atoms with van der Waals surface area (Å²) in [5.41, 5.74) is 3.89. The summed E-state index contributed by atoms with van der Waals surface area (Å²) in [6, 6.07) is 13.1. The number of benzene rings is 1. The van der Waals surface area contributed by atoms with Gasteiger partial charge in [0, 0.05) is 34.1 Å². The van der Waals surface area contributed by atoms with Crippen LogP contribution in [0.3, 0.4) is 0 Å². The van der Waals surface area contributed by atoms with Crippen molar-refractivity contribution in [2.45, 2.75) is 13.8 Å². The van der Waals surface area contributed by atoms with E-state index in [1.54, 1.807) is 6.20 Å². The maximum atomic E-state index is 12.6. The van der Waals surface area contributed by atoms with Gasteiger partial charge in [0.1, 0.15) is 0 Å². The predicted octanol–water partition coefficient (Wildman–Crippen LogP) is 3.48. The second-order valence-electron chi connectivity index (χ2n) is 4.83. The van der Waals surface area contributed by atoms with Crippen molar-refractivity contribution in [3.05, 3.63) is 71.2 Å². The number of carbonyl (C=O) groups excluding carboxylic acids is 1. The lowest BCUT2D eigenvalue weighted by atomic mass is 10.0. The topological polar surface area (TPSA) is 42.9 Å². The van der Waals surface area contributed by atoms with Crippen LogP contribution in [0.15, 0.2) is 48.7 Å². The Kier molecular flexibility index (Phi) is 3.03. The van der Waals surface area contributed by atoms with Gasteiger partial charge < -0.3 is 0 Å². The molecule has 3 nitrogen and oxygen atoms in total. The van der Waals surface area contributed by atoms with Crippen molar-refractivity contribution in [2.75, 3.05) is 0 Å². The van der Waals surface area contributed by atoms with Crippen LogP contribution in [-0.4, -0.2) is 15.8 Å². The Morgan fingerprint density at radius 2 is 1.90 bits per heavy atom. The van der Waals surface area contributed by atoms with Gasteiger partial charge in [-0.3, -0.25) is 14.8 Å². The van der Waals surface area contributed by atoms with Gasteiger partial charge in [0.25, 0.3) is 0 Å². The molecule has 3 heteroatoms. The SMILES string of the molecule is Cc1ccc(C(=O)c2ccc3ncccc3c2)c(C)n1. The van der Waals surface area contributed by atoms with Gasteiger partial charge in [0.2, 0.25) is 0 Å². The number of aromatic nitrogens is 2. The number of hydrogen-bond acceptors (Lipinski definition) is 3. The van der Waals surface area contributed by atoms with Crippen LogP contribution in [0.5, 0.6) is 0 Å². The highest BCUT2D eigenvalue weighted by molar-refractivity contribution is 6.11. The number of pyridine rings is 2. The molecule has 3 aromatic rings. The summed E-state index contributed by atoms with van der Waals surface area (Å²) in [6.07, 6.45) is 1.75. The lowest BCUT2D eigenvalue weighted by Gasteiger charge is -2.06. The molecule has 0 N–H and O–H groups in total. The van der Waals surface area contributed by atoms with Crippen molar-refractivity contribution in [1.82, 2.24) is 9.97 Å². The highest BCUT2D eigenvalue weighted by atomic mass is 16.1. The Labute approximate surface area is 117 Å². The van der Waals surface area contributed by atoms with E-state index in [0.717, 1.165) is 22.3 Å². The van der Waals surface area contributed by atoms with Gasteiger partial charge in [-0.2, -0.15) is 0 Å². The highest BCUT2D eigenvalue weighted by Gasteiger charge is 2.13. The second kappa shape index (κ2) is 4.85. The summed E-state index contributed by atoms with van der Waals surface area (Å²) in [7, 11) is 0. The van der Waals surface area contributed by atoms with Gasteiger partial charge in [-0.25, -0.2) is 0 Å². The molecule has 0 amide bonds. The molecule has 0 aliphatic heterocycles. The van der Waals surface area contributed by atoms with Gasteiger partial charge in [-0.05, 0) is 50.2 Å². The molecule has 0 atom stereocenters. The summed E-state index contributed by atoms with van der Waals surface area (Å²) >= 11 is 0. The molecule has 0 bridgehead atoms. The van der Waals surface area contributed by atoms with Crippen LogP contribution in [0.1, 0.15) is 27.3 Å². The Morgan fingerprint density at radius 3 is 2.70 bits per heavy atom. The first-order valence-electron chi connectivity index (χ1n) is 6.49. The fourth-order valence-electron chi connectivity index (χ4n) is 2.30. The molecule has 0 aliphatic rings. The minimum Gasteiger partial charge on any atom is -0.289 e. The number of rotatable bonds is 2. The third-order valence-electron chi connectivity index (χ3n) is 3.33. The third-order valence-corrected chi connectivity index (χ3v) is 3.33. The van der Waals surface area contributed by atoms with E-state index in [1.807, 2.05) is 56.3 Å². The zero-order chi connectivity index (χ0) is 14.1. The largest absolute Gasteiger partial charge is 0.289 e. The molecule has 98 valence electrons. The second-order valence-corrected chi connectivity index (χ2v) is 4.83. The number of nitrogens with zero attached hydrogens (tertiary/aromatic N) is 2. The summed E-state index contributed by atoms with van der Waals surface area (Å²) < 4.78 is 0. The first-order valence-corrected chi connectivity index (χ1v) is 6.49. The van der Waals surface area contributed by atoms with Crippen molar-refractivity contribution >= 4 is 16.7 Å². The van der Waals surface area contributed by atoms with Crippen LogP contribution in [0.25, 0.3) is 10.9 Å². The first kappa shape index (κ1) is 12.5. The molecule has 0 spiro atoms. The van der Waals surface area contributed by atoms with E-state index in [0.29, 0.717) is 11.1 Å². The van der Waals surface area contributed by atoms with Crippen LogP contribution in [-0.2, 0) is 0 Å². The maximum absolute atomic E-state index is 12.6. The van der Waals surface area contributed by atoms with E-state index < -0.39 is 0 Å². The lowest BCUT2D eigenvalue weighted by Crippen LogP contribution is -2.05. The minimum absolute atomic E-state index is 0.000697. The zero-order valence-corrected chi connectivity index (χ0v) is 11.4. The molecule has 0 unspecified atom stereocenters. The van der Waals surface area contributed by atoms with Gasteiger partial charge in [0.15, 0.2) is 5.78 Å². The lowest BCUT2D eigenvalue weighted by molar-refractivity contribution is 0.103. The Hall–Kier alpha value is -2.55. The number of aryl methyl sites for hydroxylation is 2. The van der Waals surface area contributed by atoms with Gasteiger partial charge >= 0.3 is 0 Å². The molecule has 20 heavy (non-hydrogen) atoms. The summed E-state index contributed by atoms with van der Waals surface area (Å²) in [4.78, 5) is 21.2. The maximum Gasteiger partial charge on any atom is 0.194 e. The molecular weight excluding hydrogens is 248 g/mol. The molecule has 0 aliphatic carbocycles. The van der Waals surface area contributed by atoms with E-state index in [-0.39, 0.29) is 5.78 Å². The van der Waals surface area contributed by atoms with Crippen molar-refractivity contribution < 1.29 is 4.79 Å². The van der Waals surface area contributed by atoms with Crippen LogP contribution >= 0.6 is 0 Å². The normalized spacial score (nSPS) is 10.7. The average Bonchev–Trinajstić information content (AvgIpc) is 2.46. The summed E-state index contributed by atoms with van der Waals surface area (Å²) in [6.45, 7) is 3.78. The summed E-state index contributed by atoms with van der Waals surface area (Å²) in [5, 5.41) is 0.969. The van der Waals surface area contributed by atoms with Crippen molar-refractivity contribution in [3.63, 3.8) is 0 Å². The third kappa shape index (κ3) is 2.18. The predicted molar refractivity (Wildman–Crippen MR) is 78.9 cm³/mol. The monoisotopic (exact) mass is 262 g/mol. The molecule has 0 saturated carbocycles. The molecule has 2 aromatic heterocycles. The molecular formula is C17H14N2O. The molecule has 0 saturated heterocycles. The van der Waals surface area contributed by atoms with Crippen LogP contribution < -0.4 is 0 Å². The quantitative estimate of drug-likeness (QED) is 0.664. The van der Waals surface area contributed by atoms with Crippen LogP contribution in [0.2, 0.25) is 0 Å². The van der Waals surface area contributed by atoms with Gasteiger partial charge in [-0.1, -0.05) is 6.07 Å². The Morgan fingerprint density at radius 1 is 1.05 bits per heavy atom. The van der Waals surface area contributed by atoms with E-state index in [9.17, 15) is 4.79 Å². The molecule has 0 radical (unpaired) electrons. The minimum atomic E-state index is 0.000697. The number of ketones is 1. The number of hydrogen-bond donors (Lipinski definition) is 0. The van der Waals surface area contributed by atoms with E-state index >= 15 is 0 Å². The number of fused-ring (bicyclic) bond motifs is 1. The Bertz CT molecular complexity index is 809. The van der Waals surface area contributed by atoms with E-state index in [4.69, 9.17) is 0 Å². The summed E-state index contributed by atoms with van der Waals surface area (Å²) in [5.74, 6) is 0.000697. The van der Waals surface area contributed by atoms with Gasteiger partial charge in [0.05, 0.1) is 5.52 Å². The van der Waals surface area contributed by atoms with E-state index in [2.05, 4.69) is 9.97 Å². The molecule has 2 heterocycles. The fraction of sp³-hybridized carbons (Fsp3) is 0.118. The van der Waals surface area contributed by atoms with Gasteiger partial charge in [-0.15, -0.1) is 0 Å². The smallest absolute Gasteiger partial charge is 0.194 e. The Balaban J connectivity index is 2.08. The molecule has 0 fully saturated rings.